The summed E-state index contributed by atoms with van der Waals surface area (Å²) in [5.41, 5.74) is 12.2. The van der Waals surface area contributed by atoms with Gasteiger partial charge in [-0.15, -0.1) is 11.3 Å². The van der Waals surface area contributed by atoms with Crippen molar-refractivity contribution in [1.82, 2.24) is 19.1 Å². The van der Waals surface area contributed by atoms with Crippen LogP contribution in [-0.4, -0.2) is 19.1 Å². The van der Waals surface area contributed by atoms with Crippen LogP contribution in [0.1, 0.15) is 0 Å². The van der Waals surface area contributed by atoms with Crippen LogP contribution in [0.3, 0.4) is 0 Å². The summed E-state index contributed by atoms with van der Waals surface area (Å²) in [5.74, 6) is 0.661. The fraction of sp³-hybridized carbons (Fsp3) is 0. The smallest absolute Gasteiger partial charge is 0.235 e. The van der Waals surface area contributed by atoms with Crippen molar-refractivity contribution in [1.29, 1.82) is 0 Å². The van der Waals surface area contributed by atoms with Crippen molar-refractivity contribution in [2.45, 2.75) is 0 Å². The molecule has 4 aromatic heterocycles. The fourth-order valence-electron chi connectivity index (χ4n) is 9.48. The van der Waals surface area contributed by atoms with Crippen LogP contribution in [0.4, 0.5) is 0 Å². The van der Waals surface area contributed by atoms with Gasteiger partial charge in [-0.1, -0.05) is 146 Å². The summed E-state index contributed by atoms with van der Waals surface area (Å²) in [4.78, 5) is 12.0. The molecular weight excluding hydrogens is 761 g/mol. The first-order chi connectivity index (χ1) is 30.2. The Labute approximate surface area is 354 Å². The molecule has 0 aliphatic rings. The average molecular weight is 795 g/mol. The number of hydrogen-bond donors (Lipinski definition) is 0. The summed E-state index contributed by atoms with van der Waals surface area (Å²) in [6.07, 6.45) is 0. The topological polar surface area (TPSA) is 35.6 Å². The normalized spacial score (nSPS) is 11.9. The van der Waals surface area contributed by atoms with Crippen molar-refractivity contribution >= 4 is 86.7 Å². The van der Waals surface area contributed by atoms with Crippen LogP contribution in [-0.2, 0) is 0 Å². The molecule has 0 aliphatic carbocycles. The van der Waals surface area contributed by atoms with Crippen molar-refractivity contribution in [3.63, 3.8) is 0 Å². The Morgan fingerprint density at radius 1 is 0.361 bits per heavy atom. The molecule has 0 radical (unpaired) electrons. The van der Waals surface area contributed by atoms with E-state index < -0.39 is 0 Å². The maximum atomic E-state index is 5.46. The second kappa shape index (κ2) is 13.3. The summed E-state index contributed by atoms with van der Waals surface area (Å²) in [6.45, 7) is 0. The standard InChI is InChI=1S/C56H34N4S/c1-4-15-36(16-5-1)52-34-47-55(61-52)54(37-17-6-2-7-18-37)58-56(57-47)60-48-27-25-40(31-44(48)45-30-38-19-10-11-20-39(38)33-51(45)60)41-26-28-49-46(32-41)53-43-23-13-12-14-35(43)24-29-50(53)59(49)42-21-8-3-9-22-42/h1-34H. The molecule has 0 N–H and O–H groups in total. The summed E-state index contributed by atoms with van der Waals surface area (Å²) in [6, 6.07) is 74.4. The first-order valence-corrected chi connectivity index (χ1v) is 21.5. The highest BCUT2D eigenvalue weighted by molar-refractivity contribution is 7.22. The summed E-state index contributed by atoms with van der Waals surface area (Å²) < 4.78 is 5.76. The van der Waals surface area contributed by atoms with E-state index in [0.717, 1.165) is 49.1 Å². The van der Waals surface area contributed by atoms with Gasteiger partial charge in [0.25, 0.3) is 0 Å². The number of aromatic nitrogens is 4. The van der Waals surface area contributed by atoms with Crippen LogP contribution >= 0.6 is 11.3 Å². The number of nitrogens with zero attached hydrogens (tertiary/aromatic N) is 4. The molecule has 0 spiro atoms. The Morgan fingerprint density at radius 2 is 0.951 bits per heavy atom. The molecule has 0 bridgehead atoms. The van der Waals surface area contributed by atoms with E-state index >= 15 is 0 Å². The second-order valence-electron chi connectivity index (χ2n) is 15.8. The SMILES string of the molecule is c1ccc(-c2cc3nc(-n4c5ccc(-c6ccc7c(c6)c6c8ccccc8ccc6n7-c6ccccc6)cc5c5cc6ccccc6cc54)nc(-c4ccccc4)c3s2)cc1. The molecule has 0 saturated carbocycles. The van der Waals surface area contributed by atoms with Gasteiger partial charge >= 0.3 is 0 Å². The molecule has 4 heterocycles. The predicted octanol–water partition coefficient (Wildman–Crippen LogP) is 15.2. The number of para-hydroxylation sites is 1. The van der Waals surface area contributed by atoms with E-state index in [-0.39, 0.29) is 0 Å². The second-order valence-corrected chi connectivity index (χ2v) is 16.8. The zero-order valence-corrected chi connectivity index (χ0v) is 33.6. The maximum absolute atomic E-state index is 5.46. The highest BCUT2D eigenvalue weighted by atomic mass is 32.1. The number of rotatable bonds is 5. The first kappa shape index (κ1) is 34.0. The number of thiophene rings is 1. The van der Waals surface area contributed by atoms with Crippen molar-refractivity contribution in [2.24, 2.45) is 0 Å². The van der Waals surface area contributed by atoms with Gasteiger partial charge in [0.1, 0.15) is 0 Å². The largest absolute Gasteiger partial charge is 0.309 e. The van der Waals surface area contributed by atoms with Crippen LogP contribution in [0.15, 0.2) is 206 Å². The van der Waals surface area contributed by atoms with Gasteiger partial charge in [-0.25, -0.2) is 9.97 Å². The minimum atomic E-state index is 0.661. The monoisotopic (exact) mass is 794 g/mol. The molecule has 0 amide bonds. The Kier molecular flexibility index (Phi) is 7.44. The van der Waals surface area contributed by atoms with Crippen LogP contribution in [0.5, 0.6) is 0 Å². The van der Waals surface area contributed by atoms with E-state index in [4.69, 9.17) is 9.97 Å². The average Bonchev–Trinajstić information content (AvgIpc) is 4.01. The first-order valence-electron chi connectivity index (χ1n) is 20.6. The molecule has 13 rings (SSSR count). The molecule has 4 nitrogen and oxygen atoms in total. The van der Waals surface area contributed by atoms with E-state index in [0.29, 0.717) is 5.95 Å². The zero-order valence-electron chi connectivity index (χ0n) is 32.8. The molecule has 0 atom stereocenters. The highest BCUT2D eigenvalue weighted by Gasteiger charge is 2.21. The van der Waals surface area contributed by atoms with Gasteiger partial charge in [0.15, 0.2) is 0 Å². The van der Waals surface area contributed by atoms with E-state index in [1.807, 2.05) is 0 Å². The van der Waals surface area contributed by atoms with E-state index in [2.05, 4.69) is 215 Å². The third kappa shape index (κ3) is 5.31. The molecule has 284 valence electrons. The molecular formula is C56H34N4S. The third-order valence-corrected chi connectivity index (χ3v) is 13.5. The van der Waals surface area contributed by atoms with Gasteiger partial charge in [0, 0.05) is 37.7 Å². The number of benzene rings is 9. The van der Waals surface area contributed by atoms with Gasteiger partial charge in [-0.2, -0.15) is 0 Å². The predicted molar refractivity (Wildman–Crippen MR) is 257 cm³/mol. The molecule has 0 aliphatic heterocycles. The van der Waals surface area contributed by atoms with Gasteiger partial charge in [0.2, 0.25) is 5.95 Å². The maximum Gasteiger partial charge on any atom is 0.235 e. The van der Waals surface area contributed by atoms with Crippen LogP contribution in [0.2, 0.25) is 0 Å². The summed E-state index contributed by atoms with van der Waals surface area (Å²) >= 11 is 1.75. The Bertz CT molecular complexity index is 3860. The minimum Gasteiger partial charge on any atom is -0.309 e. The van der Waals surface area contributed by atoms with Gasteiger partial charge in [-0.05, 0) is 98.9 Å². The van der Waals surface area contributed by atoms with Gasteiger partial charge in [-0.3, -0.25) is 4.57 Å². The molecule has 9 aromatic carbocycles. The summed E-state index contributed by atoms with van der Waals surface area (Å²) in [5, 5.41) is 9.72. The van der Waals surface area contributed by atoms with E-state index in [1.165, 1.54) is 64.7 Å². The molecule has 0 saturated heterocycles. The lowest BCUT2D eigenvalue weighted by Crippen LogP contribution is -2.02. The van der Waals surface area contributed by atoms with Crippen LogP contribution < -0.4 is 0 Å². The van der Waals surface area contributed by atoms with Gasteiger partial charge in [0.05, 0.1) is 38.0 Å². The molecule has 5 heteroatoms. The minimum absolute atomic E-state index is 0.661. The zero-order chi connectivity index (χ0) is 40.0. The van der Waals surface area contributed by atoms with Crippen molar-refractivity contribution < 1.29 is 0 Å². The van der Waals surface area contributed by atoms with Crippen molar-refractivity contribution in [3.8, 4) is 44.5 Å². The van der Waals surface area contributed by atoms with E-state index in [9.17, 15) is 0 Å². The lowest BCUT2D eigenvalue weighted by Gasteiger charge is -2.10. The Morgan fingerprint density at radius 3 is 1.70 bits per heavy atom. The summed E-state index contributed by atoms with van der Waals surface area (Å²) in [7, 11) is 0. The van der Waals surface area contributed by atoms with Crippen molar-refractivity contribution in [3.05, 3.63) is 206 Å². The van der Waals surface area contributed by atoms with Crippen LogP contribution in [0.25, 0.3) is 120 Å². The lowest BCUT2D eigenvalue weighted by atomic mass is 9.98. The molecule has 61 heavy (non-hydrogen) atoms. The highest BCUT2D eigenvalue weighted by Crippen LogP contribution is 2.43. The number of hydrogen-bond acceptors (Lipinski definition) is 3. The van der Waals surface area contributed by atoms with Gasteiger partial charge < -0.3 is 4.57 Å². The van der Waals surface area contributed by atoms with Crippen LogP contribution in [0, 0.1) is 0 Å². The molecule has 0 unspecified atom stereocenters. The van der Waals surface area contributed by atoms with Crippen molar-refractivity contribution in [2.75, 3.05) is 0 Å². The Balaban J connectivity index is 1.06. The number of fused-ring (bicyclic) bond motifs is 10. The third-order valence-electron chi connectivity index (χ3n) is 12.3. The lowest BCUT2D eigenvalue weighted by molar-refractivity contribution is 1.02. The molecule has 13 aromatic rings. The Hall–Kier alpha value is -7.86. The molecule has 0 fully saturated rings. The van der Waals surface area contributed by atoms with E-state index in [1.54, 1.807) is 11.3 Å². The fourth-order valence-corrected chi connectivity index (χ4v) is 10.6. The quantitative estimate of drug-likeness (QED) is 0.174.